The molecule has 4 rings (SSSR count). The Bertz CT molecular complexity index is 1080. The van der Waals surface area contributed by atoms with Crippen LogP contribution in [0.1, 0.15) is 33.7 Å². The van der Waals surface area contributed by atoms with E-state index in [4.69, 9.17) is 10.5 Å². The van der Waals surface area contributed by atoms with Crippen molar-refractivity contribution < 1.29 is 14.3 Å². The summed E-state index contributed by atoms with van der Waals surface area (Å²) in [6.45, 7) is 1.31. The van der Waals surface area contributed by atoms with Crippen molar-refractivity contribution in [2.45, 2.75) is 18.9 Å². The molecule has 8 nitrogen and oxygen atoms in total. The van der Waals surface area contributed by atoms with E-state index in [1.807, 2.05) is 24.3 Å². The first kappa shape index (κ1) is 20.5. The van der Waals surface area contributed by atoms with Crippen molar-refractivity contribution in [1.29, 1.82) is 0 Å². The summed E-state index contributed by atoms with van der Waals surface area (Å²) in [5, 5.41) is 5.80. The number of nitrogens with one attached hydrogen (secondary N) is 2. The van der Waals surface area contributed by atoms with Gasteiger partial charge in [0.1, 0.15) is 0 Å². The Hall–Kier alpha value is -3.78. The average Bonchev–Trinajstić information content (AvgIpc) is 2.81. The van der Waals surface area contributed by atoms with Gasteiger partial charge in [0.25, 0.3) is 11.8 Å². The van der Waals surface area contributed by atoms with Crippen molar-refractivity contribution in [2.24, 2.45) is 0 Å². The summed E-state index contributed by atoms with van der Waals surface area (Å²) in [4.78, 5) is 33.8. The van der Waals surface area contributed by atoms with E-state index < -0.39 is 5.91 Å². The molecule has 1 aliphatic heterocycles. The van der Waals surface area contributed by atoms with E-state index in [9.17, 15) is 9.59 Å². The molecule has 1 aliphatic rings. The molecule has 1 aromatic heterocycles. The predicted octanol–water partition coefficient (Wildman–Crippen LogP) is 2.89. The van der Waals surface area contributed by atoms with Crippen LogP contribution in [0.5, 0.6) is 0 Å². The van der Waals surface area contributed by atoms with Crippen molar-refractivity contribution in [2.75, 3.05) is 24.3 Å². The van der Waals surface area contributed by atoms with Gasteiger partial charge in [-0.05, 0) is 37.1 Å². The third kappa shape index (κ3) is 5.04. The fourth-order valence-electron chi connectivity index (χ4n) is 3.35. The van der Waals surface area contributed by atoms with Gasteiger partial charge in [0.05, 0.1) is 11.9 Å². The molecular formula is C23H23N5O3. The fraction of sp³-hybridized carbons (Fsp3) is 0.217. The summed E-state index contributed by atoms with van der Waals surface area (Å²) in [5.41, 5.74) is 8.18. The van der Waals surface area contributed by atoms with Crippen LogP contribution >= 0.6 is 0 Å². The zero-order valence-electron chi connectivity index (χ0n) is 16.9. The van der Waals surface area contributed by atoms with E-state index >= 15 is 0 Å². The quantitative estimate of drug-likeness (QED) is 0.587. The summed E-state index contributed by atoms with van der Waals surface area (Å²) >= 11 is 0. The topological polar surface area (TPSA) is 119 Å². The Kier molecular flexibility index (Phi) is 6.18. The number of rotatable bonds is 5. The molecule has 0 bridgehead atoms. The van der Waals surface area contributed by atoms with E-state index in [-0.39, 0.29) is 23.5 Å². The van der Waals surface area contributed by atoms with Gasteiger partial charge in [0.2, 0.25) is 0 Å². The number of nitrogens with zero attached hydrogens (tertiary/aromatic N) is 2. The lowest BCUT2D eigenvalue weighted by Crippen LogP contribution is -2.38. The third-order valence-corrected chi connectivity index (χ3v) is 5.02. The zero-order valence-corrected chi connectivity index (χ0v) is 16.9. The molecule has 3 aromatic rings. The Morgan fingerprint density at radius 3 is 2.55 bits per heavy atom. The van der Waals surface area contributed by atoms with Crippen LogP contribution in [0, 0.1) is 0 Å². The highest BCUT2D eigenvalue weighted by atomic mass is 16.5. The van der Waals surface area contributed by atoms with Crippen molar-refractivity contribution in [3.05, 3.63) is 72.1 Å². The summed E-state index contributed by atoms with van der Waals surface area (Å²) in [7, 11) is 0. The lowest BCUT2D eigenvalue weighted by molar-refractivity contribution is 0.0696. The van der Waals surface area contributed by atoms with Crippen molar-refractivity contribution in [3.8, 4) is 11.3 Å². The second-order valence-corrected chi connectivity index (χ2v) is 7.25. The molecule has 2 amide bonds. The van der Waals surface area contributed by atoms with Gasteiger partial charge in [-0.3, -0.25) is 9.59 Å². The Balaban J connectivity index is 1.54. The predicted molar refractivity (Wildman–Crippen MR) is 118 cm³/mol. The SMILES string of the molecule is Nc1ncc(-c2cccc(C(=O)NC3CCOCC3)c2)nc1C(=O)Nc1ccccc1. The van der Waals surface area contributed by atoms with Crippen LogP contribution in [0.15, 0.2) is 60.8 Å². The first-order valence-electron chi connectivity index (χ1n) is 10.1. The lowest BCUT2D eigenvalue weighted by atomic mass is 10.1. The molecular weight excluding hydrogens is 394 g/mol. The third-order valence-electron chi connectivity index (χ3n) is 5.02. The maximum Gasteiger partial charge on any atom is 0.278 e. The van der Waals surface area contributed by atoms with E-state index in [2.05, 4.69) is 20.6 Å². The van der Waals surface area contributed by atoms with Gasteiger partial charge < -0.3 is 21.1 Å². The molecule has 2 aromatic carbocycles. The Labute approximate surface area is 179 Å². The van der Waals surface area contributed by atoms with Crippen molar-refractivity contribution in [1.82, 2.24) is 15.3 Å². The number of benzene rings is 2. The highest BCUT2D eigenvalue weighted by molar-refractivity contribution is 6.06. The smallest absolute Gasteiger partial charge is 0.278 e. The molecule has 0 radical (unpaired) electrons. The van der Waals surface area contributed by atoms with Crippen LogP contribution < -0.4 is 16.4 Å². The number of aromatic nitrogens is 2. The molecule has 158 valence electrons. The summed E-state index contributed by atoms with van der Waals surface area (Å²) in [5.74, 6) is -0.573. The maximum absolute atomic E-state index is 12.7. The number of amides is 2. The van der Waals surface area contributed by atoms with E-state index in [1.54, 1.807) is 30.3 Å². The van der Waals surface area contributed by atoms with Crippen LogP contribution in [-0.4, -0.2) is 41.0 Å². The average molecular weight is 417 g/mol. The van der Waals surface area contributed by atoms with Crippen LogP contribution in [0.4, 0.5) is 11.5 Å². The van der Waals surface area contributed by atoms with Crippen LogP contribution in [-0.2, 0) is 4.74 Å². The van der Waals surface area contributed by atoms with Gasteiger partial charge in [-0.15, -0.1) is 0 Å². The molecule has 0 spiro atoms. The minimum atomic E-state index is -0.452. The fourth-order valence-corrected chi connectivity index (χ4v) is 3.35. The number of anilines is 2. The molecule has 4 N–H and O–H groups in total. The summed E-state index contributed by atoms with van der Waals surface area (Å²) in [6.07, 6.45) is 3.09. The largest absolute Gasteiger partial charge is 0.382 e. The standard InChI is InChI=1S/C23H23N5O3/c24-21-20(23(30)27-17-7-2-1-3-8-17)28-19(14-25-21)15-5-4-6-16(13-15)22(29)26-18-9-11-31-12-10-18/h1-8,13-14,18H,9-12H2,(H2,24,25)(H,26,29)(H,27,30). The Morgan fingerprint density at radius 1 is 1.00 bits per heavy atom. The molecule has 0 unspecified atom stereocenters. The first-order chi connectivity index (χ1) is 15.1. The van der Waals surface area contributed by atoms with Gasteiger partial charge in [-0.1, -0.05) is 30.3 Å². The zero-order chi connectivity index (χ0) is 21.6. The van der Waals surface area contributed by atoms with Crippen molar-refractivity contribution >= 4 is 23.3 Å². The number of nitrogen functional groups attached to an aromatic ring is 1. The van der Waals surface area contributed by atoms with Crippen LogP contribution in [0.2, 0.25) is 0 Å². The molecule has 0 aliphatic carbocycles. The highest BCUT2D eigenvalue weighted by Gasteiger charge is 2.18. The first-order valence-corrected chi connectivity index (χ1v) is 10.1. The molecule has 0 saturated carbocycles. The van der Waals surface area contributed by atoms with E-state index in [0.29, 0.717) is 35.7 Å². The highest BCUT2D eigenvalue weighted by Crippen LogP contribution is 2.21. The van der Waals surface area contributed by atoms with Crippen LogP contribution in [0.25, 0.3) is 11.3 Å². The lowest BCUT2D eigenvalue weighted by Gasteiger charge is -2.23. The molecule has 8 heteroatoms. The van der Waals surface area contributed by atoms with Crippen molar-refractivity contribution in [3.63, 3.8) is 0 Å². The minimum Gasteiger partial charge on any atom is -0.382 e. The molecule has 2 heterocycles. The molecule has 1 fully saturated rings. The number of hydrogen-bond acceptors (Lipinski definition) is 6. The van der Waals surface area contributed by atoms with Gasteiger partial charge in [0.15, 0.2) is 11.5 Å². The number of para-hydroxylation sites is 1. The second-order valence-electron chi connectivity index (χ2n) is 7.25. The number of carbonyl (C=O) groups is 2. The second kappa shape index (κ2) is 9.36. The van der Waals surface area contributed by atoms with Gasteiger partial charge >= 0.3 is 0 Å². The monoisotopic (exact) mass is 417 g/mol. The number of carbonyl (C=O) groups excluding carboxylic acids is 2. The van der Waals surface area contributed by atoms with Gasteiger partial charge in [-0.2, -0.15) is 0 Å². The summed E-state index contributed by atoms with van der Waals surface area (Å²) in [6, 6.07) is 16.2. The maximum atomic E-state index is 12.7. The van der Waals surface area contributed by atoms with E-state index in [1.165, 1.54) is 6.20 Å². The minimum absolute atomic E-state index is 0.0263. The molecule has 1 saturated heterocycles. The summed E-state index contributed by atoms with van der Waals surface area (Å²) < 4.78 is 5.33. The number of nitrogens with two attached hydrogens (primary N) is 1. The van der Waals surface area contributed by atoms with Crippen LogP contribution in [0.3, 0.4) is 0 Å². The Morgan fingerprint density at radius 2 is 1.77 bits per heavy atom. The number of ether oxygens (including phenoxy) is 1. The molecule has 0 atom stereocenters. The van der Waals surface area contributed by atoms with E-state index in [0.717, 1.165) is 12.8 Å². The normalized spacial score (nSPS) is 14.1. The van der Waals surface area contributed by atoms with Gasteiger partial charge in [-0.25, -0.2) is 9.97 Å². The number of hydrogen-bond donors (Lipinski definition) is 3. The van der Waals surface area contributed by atoms with Gasteiger partial charge in [0, 0.05) is 36.1 Å². The molecule has 31 heavy (non-hydrogen) atoms.